The SMILES string of the molecule is CC(C)C[C@@H]1CNCC1C(=O)N[C@H](C(=O)N[C@@H](CCN)C(=O)C(C)C)[C@H](C)O. The van der Waals surface area contributed by atoms with Gasteiger partial charge in [0.1, 0.15) is 6.04 Å². The minimum atomic E-state index is -1.12. The van der Waals surface area contributed by atoms with E-state index in [4.69, 9.17) is 5.73 Å². The molecule has 0 saturated carbocycles. The number of carbonyl (C=O) groups excluding carboxylic acids is 3. The number of nitrogens with one attached hydrogen (secondary N) is 3. The van der Waals surface area contributed by atoms with E-state index in [1.165, 1.54) is 6.92 Å². The van der Waals surface area contributed by atoms with Crippen molar-refractivity contribution in [2.75, 3.05) is 19.6 Å². The number of aliphatic hydroxyl groups excluding tert-OH is 1. The monoisotopic (exact) mass is 398 g/mol. The third kappa shape index (κ3) is 7.14. The second-order valence-corrected chi connectivity index (χ2v) is 8.58. The predicted molar refractivity (Wildman–Crippen MR) is 108 cm³/mol. The number of hydrogen-bond donors (Lipinski definition) is 5. The van der Waals surface area contributed by atoms with Gasteiger partial charge < -0.3 is 26.8 Å². The Balaban J connectivity index is 2.81. The second kappa shape index (κ2) is 11.5. The van der Waals surface area contributed by atoms with Crippen molar-refractivity contribution in [2.45, 2.75) is 65.6 Å². The first kappa shape index (κ1) is 24.5. The maximum atomic E-state index is 12.8. The lowest BCUT2D eigenvalue weighted by molar-refractivity contribution is -0.136. The molecule has 0 bridgehead atoms. The summed E-state index contributed by atoms with van der Waals surface area (Å²) >= 11 is 0. The molecule has 0 aromatic heterocycles. The molecule has 1 unspecified atom stereocenters. The van der Waals surface area contributed by atoms with Crippen molar-refractivity contribution in [1.29, 1.82) is 0 Å². The standard InChI is InChI=1S/C20H38N4O4/c1-11(2)8-14-9-22-10-15(14)19(27)24-17(13(5)25)20(28)23-16(6-7-21)18(26)12(3)4/h11-17,22,25H,6-10,21H2,1-5H3,(H,23,28)(H,24,27)/t13-,14+,15?,16-,17-/m0/s1. The Morgan fingerprint density at radius 2 is 1.75 bits per heavy atom. The molecular weight excluding hydrogens is 360 g/mol. The van der Waals surface area contributed by atoms with Gasteiger partial charge in [0, 0.05) is 12.5 Å². The summed E-state index contributed by atoms with van der Waals surface area (Å²) in [6, 6.07) is -1.84. The fraction of sp³-hybridized carbons (Fsp3) is 0.850. The molecule has 0 radical (unpaired) electrons. The van der Waals surface area contributed by atoms with Gasteiger partial charge in [0.25, 0.3) is 0 Å². The Labute approximate surface area is 168 Å². The number of ketones is 1. The van der Waals surface area contributed by atoms with E-state index in [1.807, 2.05) is 0 Å². The Bertz CT molecular complexity index is 536. The van der Waals surface area contributed by atoms with Gasteiger partial charge in [0.2, 0.25) is 11.8 Å². The number of hydrogen-bond acceptors (Lipinski definition) is 6. The lowest BCUT2D eigenvalue weighted by Gasteiger charge is -2.27. The average molecular weight is 399 g/mol. The summed E-state index contributed by atoms with van der Waals surface area (Å²) in [6.45, 7) is 10.8. The zero-order valence-corrected chi connectivity index (χ0v) is 17.8. The minimum Gasteiger partial charge on any atom is -0.391 e. The van der Waals surface area contributed by atoms with Gasteiger partial charge in [0.05, 0.1) is 18.1 Å². The topological polar surface area (TPSA) is 134 Å². The van der Waals surface area contributed by atoms with Gasteiger partial charge in [-0.3, -0.25) is 14.4 Å². The lowest BCUT2D eigenvalue weighted by Crippen LogP contribution is -2.57. The number of Topliss-reactive ketones (excluding diaryl/α,β-unsaturated/α-hetero) is 1. The van der Waals surface area contributed by atoms with Gasteiger partial charge >= 0.3 is 0 Å². The number of amides is 2. The van der Waals surface area contributed by atoms with Crippen LogP contribution >= 0.6 is 0 Å². The molecule has 0 aliphatic carbocycles. The van der Waals surface area contributed by atoms with E-state index < -0.39 is 24.1 Å². The Morgan fingerprint density at radius 3 is 2.25 bits per heavy atom. The summed E-state index contributed by atoms with van der Waals surface area (Å²) in [6.07, 6.45) is 0.138. The van der Waals surface area contributed by atoms with Crippen molar-refractivity contribution in [3.05, 3.63) is 0 Å². The third-order valence-electron chi connectivity index (χ3n) is 5.20. The predicted octanol–water partition coefficient (Wildman–Crippen LogP) is -0.208. The molecule has 1 rings (SSSR count). The zero-order valence-electron chi connectivity index (χ0n) is 17.8. The highest BCUT2D eigenvalue weighted by atomic mass is 16.3. The van der Waals surface area contributed by atoms with Crippen LogP contribution < -0.4 is 21.7 Å². The fourth-order valence-electron chi connectivity index (χ4n) is 3.67. The summed E-state index contributed by atoms with van der Waals surface area (Å²) < 4.78 is 0. The molecule has 2 amide bonds. The quantitative estimate of drug-likeness (QED) is 0.327. The van der Waals surface area contributed by atoms with E-state index in [9.17, 15) is 19.5 Å². The average Bonchev–Trinajstić information content (AvgIpc) is 3.05. The van der Waals surface area contributed by atoms with Gasteiger partial charge in [-0.25, -0.2) is 0 Å². The molecule has 1 fully saturated rings. The van der Waals surface area contributed by atoms with Gasteiger partial charge in [0.15, 0.2) is 5.78 Å². The van der Waals surface area contributed by atoms with Crippen LogP contribution in [0, 0.1) is 23.7 Å². The summed E-state index contributed by atoms with van der Waals surface area (Å²) in [4.78, 5) is 37.8. The Kier molecular flexibility index (Phi) is 10.1. The summed E-state index contributed by atoms with van der Waals surface area (Å²) in [5.41, 5.74) is 5.57. The van der Waals surface area contributed by atoms with E-state index in [0.717, 1.165) is 13.0 Å². The minimum absolute atomic E-state index is 0.119. The van der Waals surface area contributed by atoms with Crippen LogP contribution in [0.15, 0.2) is 0 Å². The first-order valence-corrected chi connectivity index (χ1v) is 10.3. The van der Waals surface area contributed by atoms with Gasteiger partial charge in [-0.05, 0) is 44.7 Å². The number of nitrogens with two attached hydrogens (primary N) is 1. The molecule has 28 heavy (non-hydrogen) atoms. The first-order chi connectivity index (χ1) is 13.1. The second-order valence-electron chi connectivity index (χ2n) is 8.58. The van der Waals surface area contributed by atoms with E-state index in [-0.39, 0.29) is 36.0 Å². The van der Waals surface area contributed by atoms with E-state index in [1.54, 1.807) is 13.8 Å². The molecule has 0 spiro atoms. The molecule has 1 heterocycles. The molecule has 5 atom stereocenters. The highest BCUT2D eigenvalue weighted by molar-refractivity contribution is 5.94. The molecule has 162 valence electrons. The highest BCUT2D eigenvalue weighted by Gasteiger charge is 2.36. The van der Waals surface area contributed by atoms with Crippen molar-refractivity contribution < 1.29 is 19.5 Å². The van der Waals surface area contributed by atoms with Crippen molar-refractivity contribution in [3.63, 3.8) is 0 Å². The summed E-state index contributed by atoms with van der Waals surface area (Å²) in [5.74, 6) is -0.761. The molecular formula is C20H38N4O4. The molecule has 1 aliphatic heterocycles. The molecule has 6 N–H and O–H groups in total. The number of carbonyl (C=O) groups is 3. The number of rotatable bonds is 11. The van der Waals surface area contributed by atoms with Crippen LogP contribution in [0.1, 0.15) is 47.5 Å². The van der Waals surface area contributed by atoms with E-state index >= 15 is 0 Å². The lowest BCUT2D eigenvalue weighted by atomic mass is 9.87. The normalized spacial score (nSPS) is 22.8. The van der Waals surface area contributed by atoms with Crippen molar-refractivity contribution in [1.82, 2.24) is 16.0 Å². The summed E-state index contributed by atoms with van der Waals surface area (Å²) in [7, 11) is 0. The van der Waals surface area contributed by atoms with E-state index in [0.29, 0.717) is 18.9 Å². The molecule has 8 heteroatoms. The van der Waals surface area contributed by atoms with Crippen LogP contribution in [0.2, 0.25) is 0 Å². The first-order valence-electron chi connectivity index (χ1n) is 10.3. The fourth-order valence-corrected chi connectivity index (χ4v) is 3.67. The van der Waals surface area contributed by atoms with Crippen molar-refractivity contribution in [2.24, 2.45) is 29.4 Å². The van der Waals surface area contributed by atoms with Crippen molar-refractivity contribution >= 4 is 17.6 Å². The molecule has 0 aromatic carbocycles. The van der Waals surface area contributed by atoms with Crippen LogP contribution in [0.3, 0.4) is 0 Å². The van der Waals surface area contributed by atoms with Crippen LogP contribution in [-0.2, 0) is 14.4 Å². The smallest absolute Gasteiger partial charge is 0.245 e. The van der Waals surface area contributed by atoms with Gasteiger partial charge in [-0.15, -0.1) is 0 Å². The van der Waals surface area contributed by atoms with Gasteiger partial charge in [-0.2, -0.15) is 0 Å². The van der Waals surface area contributed by atoms with E-state index in [2.05, 4.69) is 29.8 Å². The maximum Gasteiger partial charge on any atom is 0.245 e. The highest BCUT2D eigenvalue weighted by Crippen LogP contribution is 2.24. The zero-order chi connectivity index (χ0) is 21.4. The molecule has 8 nitrogen and oxygen atoms in total. The van der Waals surface area contributed by atoms with Crippen molar-refractivity contribution in [3.8, 4) is 0 Å². The van der Waals surface area contributed by atoms with Crippen LogP contribution in [0.25, 0.3) is 0 Å². The maximum absolute atomic E-state index is 12.8. The van der Waals surface area contributed by atoms with Crippen LogP contribution in [-0.4, -0.2) is 60.5 Å². The Morgan fingerprint density at radius 1 is 1.11 bits per heavy atom. The van der Waals surface area contributed by atoms with Crippen LogP contribution in [0.4, 0.5) is 0 Å². The van der Waals surface area contributed by atoms with Gasteiger partial charge in [-0.1, -0.05) is 27.7 Å². The molecule has 1 saturated heterocycles. The third-order valence-corrected chi connectivity index (χ3v) is 5.20. The van der Waals surface area contributed by atoms with Crippen LogP contribution in [0.5, 0.6) is 0 Å². The largest absolute Gasteiger partial charge is 0.391 e. The molecule has 0 aromatic rings. The molecule has 1 aliphatic rings. The Hall–Kier alpha value is -1.51. The summed E-state index contributed by atoms with van der Waals surface area (Å²) in [5, 5.41) is 18.7. The number of aliphatic hydroxyl groups is 1.